The van der Waals surface area contributed by atoms with Crippen LogP contribution in [0, 0.1) is 6.92 Å². The van der Waals surface area contributed by atoms with E-state index >= 15 is 0 Å². The van der Waals surface area contributed by atoms with Gasteiger partial charge < -0.3 is 18.7 Å². The molecule has 3 fully saturated rings. The van der Waals surface area contributed by atoms with Crippen LogP contribution in [0.25, 0.3) is 0 Å². The Morgan fingerprint density at radius 3 is 2.32 bits per heavy atom. The summed E-state index contributed by atoms with van der Waals surface area (Å²) < 4.78 is 21.8. The molecule has 2 aliphatic heterocycles. The number of carbonyl (C=O) groups is 1. The second kappa shape index (κ2) is 14.1. The Balaban J connectivity index is 0.000000219. The first-order chi connectivity index (χ1) is 16.2. The Morgan fingerprint density at radius 2 is 1.85 bits per heavy atom. The van der Waals surface area contributed by atoms with Crippen LogP contribution in [0.1, 0.15) is 83.6 Å². The van der Waals surface area contributed by atoms with Gasteiger partial charge in [0.1, 0.15) is 11.5 Å². The van der Waals surface area contributed by atoms with Crippen LogP contribution in [0.5, 0.6) is 0 Å². The van der Waals surface area contributed by atoms with E-state index in [1.165, 1.54) is 12.8 Å². The van der Waals surface area contributed by atoms with Gasteiger partial charge in [-0.2, -0.15) is 9.59 Å². The summed E-state index contributed by atoms with van der Waals surface area (Å²) in [6.07, 6.45) is 9.22. The second-order valence-corrected chi connectivity index (χ2v) is 11.4. The summed E-state index contributed by atoms with van der Waals surface area (Å²) in [5.74, 6) is 1.22. The minimum atomic E-state index is -0.140. The third-order valence-corrected chi connectivity index (χ3v) is 8.40. The van der Waals surface area contributed by atoms with Crippen molar-refractivity contribution >= 4 is 23.7 Å². The summed E-state index contributed by atoms with van der Waals surface area (Å²) in [5.41, 5.74) is 0.796. The van der Waals surface area contributed by atoms with Crippen molar-refractivity contribution in [2.45, 2.75) is 101 Å². The fourth-order valence-electron chi connectivity index (χ4n) is 4.07. The molecule has 1 aromatic rings. The standard InChI is InChI=1S/C13H21NO3.C11H18O2S.CO2/c1-10-8-11(14-17-10)13(2,3)9-16-12-6-4-5-7-15-12;1-9(12)11(5-2-6-11)14-10-3-7-13-8-4-10;2-1-3/h8,12H,4-7,9H2,1-3H3;10H,2-8H2,1H3;. The lowest BCUT2D eigenvalue weighted by Gasteiger charge is -2.42. The van der Waals surface area contributed by atoms with Gasteiger partial charge in [0.2, 0.25) is 0 Å². The fraction of sp³-hybridized carbons (Fsp3) is 0.800. The maximum absolute atomic E-state index is 11.6. The van der Waals surface area contributed by atoms with Gasteiger partial charge in [0, 0.05) is 36.6 Å². The summed E-state index contributed by atoms with van der Waals surface area (Å²) >= 11 is 1.93. The predicted molar refractivity (Wildman–Crippen MR) is 128 cm³/mol. The van der Waals surface area contributed by atoms with Gasteiger partial charge in [-0.3, -0.25) is 4.79 Å². The molecule has 192 valence electrons. The van der Waals surface area contributed by atoms with E-state index in [-0.39, 0.29) is 22.6 Å². The number of aryl methyl sites for hydroxylation is 1. The van der Waals surface area contributed by atoms with Gasteiger partial charge >= 0.3 is 6.15 Å². The molecule has 0 spiro atoms. The van der Waals surface area contributed by atoms with Crippen LogP contribution in [-0.2, 0) is 34.0 Å². The van der Waals surface area contributed by atoms with Crippen LogP contribution in [0.15, 0.2) is 10.6 Å². The number of thioether (sulfide) groups is 1. The Morgan fingerprint density at radius 1 is 1.18 bits per heavy atom. The first kappa shape index (κ1) is 28.7. The van der Waals surface area contributed by atoms with Crippen LogP contribution < -0.4 is 0 Å². The molecule has 1 aliphatic carbocycles. The van der Waals surface area contributed by atoms with E-state index in [0.29, 0.717) is 17.6 Å². The molecule has 3 aliphatic rings. The molecule has 4 rings (SSSR count). The molecule has 0 radical (unpaired) electrons. The number of ether oxygens (including phenoxy) is 3. The zero-order chi connectivity index (χ0) is 25.0. The van der Waals surface area contributed by atoms with Gasteiger partial charge in [-0.25, -0.2) is 0 Å². The Hall–Kier alpha value is -1.51. The van der Waals surface area contributed by atoms with Crippen molar-refractivity contribution in [3.8, 4) is 0 Å². The highest BCUT2D eigenvalue weighted by Gasteiger charge is 2.43. The van der Waals surface area contributed by atoms with Crippen molar-refractivity contribution in [2.24, 2.45) is 0 Å². The molecule has 1 atom stereocenters. The number of ketones is 1. The monoisotopic (exact) mass is 497 g/mol. The number of rotatable bonds is 7. The van der Waals surface area contributed by atoms with Crippen LogP contribution in [0.3, 0.4) is 0 Å². The number of carbonyl (C=O) groups excluding carboxylic acids is 3. The zero-order valence-electron chi connectivity index (χ0n) is 20.9. The van der Waals surface area contributed by atoms with Gasteiger partial charge in [-0.1, -0.05) is 19.0 Å². The zero-order valence-corrected chi connectivity index (χ0v) is 21.7. The van der Waals surface area contributed by atoms with Crippen molar-refractivity contribution in [3.63, 3.8) is 0 Å². The van der Waals surface area contributed by atoms with E-state index in [9.17, 15) is 4.79 Å². The smallest absolute Gasteiger partial charge is 0.373 e. The minimum Gasteiger partial charge on any atom is -0.381 e. The van der Waals surface area contributed by atoms with Crippen molar-refractivity contribution in [1.82, 2.24) is 5.16 Å². The number of nitrogens with zero attached hydrogens (tertiary/aromatic N) is 1. The molecule has 8 nitrogen and oxygen atoms in total. The molecule has 1 saturated carbocycles. The first-order valence-corrected chi connectivity index (χ1v) is 13.0. The van der Waals surface area contributed by atoms with Gasteiger partial charge in [0.25, 0.3) is 0 Å². The summed E-state index contributed by atoms with van der Waals surface area (Å²) in [7, 11) is 0. The topological polar surface area (TPSA) is 105 Å². The third-order valence-electron chi connectivity index (χ3n) is 6.45. The molecule has 34 heavy (non-hydrogen) atoms. The first-order valence-electron chi connectivity index (χ1n) is 12.2. The lowest BCUT2D eigenvalue weighted by molar-refractivity contribution is -0.191. The molecule has 0 aromatic carbocycles. The number of hydrogen-bond acceptors (Lipinski definition) is 9. The van der Waals surface area contributed by atoms with Crippen molar-refractivity contribution in [3.05, 3.63) is 17.5 Å². The van der Waals surface area contributed by atoms with Gasteiger partial charge in [0.05, 0.1) is 17.0 Å². The third kappa shape index (κ3) is 8.93. The van der Waals surface area contributed by atoms with Crippen LogP contribution >= 0.6 is 11.8 Å². The second-order valence-electron chi connectivity index (χ2n) is 9.73. The van der Waals surface area contributed by atoms with E-state index in [2.05, 4.69) is 19.0 Å². The molecule has 9 heteroatoms. The maximum Gasteiger partial charge on any atom is 0.373 e. The molecule has 0 amide bonds. The number of hydrogen-bond donors (Lipinski definition) is 0. The van der Waals surface area contributed by atoms with Crippen LogP contribution in [0.4, 0.5) is 0 Å². The van der Waals surface area contributed by atoms with E-state index in [1.807, 2.05) is 24.8 Å². The normalized spacial score (nSPS) is 22.2. The maximum atomic E-state index is 11.6. The summed E-state index contributed by atoms with van der Waals surface area (Å²) in [5, 5.41) is 4.72. The Bertz CT molecular complexity index is 772. The Labute approximate surface area is 206 Å². The minimum absolute atomic E-state index is 0.00199. The summed E-state index contributed by atoms with van der Waals surface area (Å²) in [4.78, 5) is 27.8. The van der Waals surface area contributed by atoms with Crippen LogP contribution in [-0.4, -0.2) is 59.8 Å². The van der Waals surface area contributed by atoms with E-state index in [0.717, 1.165) is 69.8 Å². The highest BCUT2D eigenvalue weighted by atomic mass is 32.2. The highest BCUT2D eigenvalue weighted by Crippen LogP contribution is 2.48. The lowest BCUT2D eigenvalue weighted by Crippen LogP contribution is -2.42. The Kier molecular flexibility index (Phi) is 12.0. The van der Waals surface area contributed by atoms with Crippen LogP contribution in [0.2, 0.25) is 0 Å². The average molecular weight is 498 g/mol. The van der Waals surface area contributed by atoms with Crippen molar-refractivity contribution < 1.29 is 33.1 Å². The molecular weight excluding hydrogens is 458 g/mol. The van der Waals surface area contributed by atoms with E-state index in [4.69, 9.17) is 28.3 Å². The molecule has 0 N–H and O–H groups in total. The largest absolute Gasteiger partial charge is 0.381 e. The predicted octanol–water partition coefficient (Wildman–Crippen LogP) is 4.63. The van der Waals surface area contributed by atoms with Gasteiger partial charge in [-0.05, 0) is 65.2 Å². The summed E-state index contributed by atoms with van der Waals surface area (Å²) in [6.45, 7) is 11.0. The summed E-state index contributed by atoms with van der Waals surface area (Å²) in [6, 6.07) is 1.96. The lowest BCUT2D eigenvalue weighted by atomic mass is 9.81. The molecular formula is C25H39NO7S. The molecule has 2 saturated heterocycles. The van der Waals surface area contributed by atoms with Crippen molar-refractivity contribution in [1.29, 1.82) is 0 Å². The quantitative estimate of drug-likeness (QED) is 0.533. The molecule has 3 heterocycles. The van der Waals surface area contributed by atoms with E-state index in [1.54, 1.807) is 6.92 Å². The molecule has 1 aromatic heterocycles. The van der Waals surface area contributed by atoms with E-state index < -0.39 is 0 Å². The number of aromatic nitrogens is 1. The van der Waals surface area contributed by atoms with Gasteiger partial charge in [-0.15, -0.1) is 11.8 Å². The number of Topliss-reactive ketones (excluding diaryl/α,β-unsaturated/α-hetero) is 1. The SMILES string of the molecule is CC(=O)C1(SC2CCOCC2)CCC1.Cc1cc(C(C)(C)COC2CCCCO2)no1.O=C=O. The average Bonchev–Trinajstić information content (AvgIpc) is 3.24. The fourth-order valence-corrected chi connectivity index (χ4v) is 5.82. The highest BCUT2D eigenvalue weighted by molar-refractivity contribution is 8.02. The van der Waals surface area contributed by atoms with Crippen molar-refractivity contribution in [2.75, 3.05) is 26.4 Å². The molecule has 0 bridgehead atoms. The van der Waals surface area contributed by atoms with Gasteiger partial charge in [0.15, 0.2) is 6.29 Å². The molecule has 1 unspecified atom stereocenters.